The van der Waals surface area contributed by atoms with E-state index in [9.17, 15) is 4.79 Å². The van der Waals surface area contributed by atoms with Crippen molar-refractivity contribution in [3.05, 3.63) is 35.4 Å². The lowest BCUT2D eigenvalue weighted by Gasteiger charge is -2.31. The molecule has 1 nitrogen and oxygen atoms in total. The summed E-state index contributed by atoms with van der Waals surface area (Å²) in [5.74, 6) is 3.37. The summed E-state index contributed by atoms with van der Waals surface area (Å²) in [7, 11) is 0. The third-order valence-corrected chi connectivity index (χ3v) is 7.27. The molecule has 0 fully saturated rings. The Bertz CT molecular complexity index is 448. The molecule has 0 bridgehead atoms. The minimum atomic E-state index is -0.458. The minimum absolute atomic E-state index is 0.283. The molecule has 1 rings (SSSR count). The van der Waals surface area contributed by atoms with Crippen LogP contribution < -0.4 is 0 Å². The maximum Gasteiger partial charge on any atom is 0.219 e. The Hall–Kier alpha value is -0.0600. The highest BCUT2D eigenvalue weighted by Gasteiger charge is 2.40. The quantitative estimate of drug-likeness (QED) is 0.518. The Kier molecular flexibility index (Phi) is 9.03. The fraction of sp³-hybridized carbons (Fsp3) is 0.611. The first-order valence-corrected chi connectivity index (χ1v) is 11.0. The topological polar surface area (TPSA) is 17.1 Å². The molecule has 0 radical (unpaired) electrons. The zero-order chi connectivity index (χ0) is 16.6. The van der Waals surface area contributed by atoms with Crippen LogP contribution in [-0.2, 0) is 15.3 Å². The largest absolute Gasteiger partial charge is 0.284 e. The number of carbonyl (C=O) groups excluding carboxylic acids is 1. The van der Waals surface area contributed by atoms with Crippen molar-refractivity contribution in [1.29, 1.82) is 0 Å². The lowest BCUT2D eigenvalue weighted by molar-refractivity contribution is -0.111. The number of hydrogen-bond acceptors (Lipinski definition) is 4. The van der Waals surface area contributed by atoms with E-state index in [1.165, 1.54) is 17.3 Å². The second-order valence-corrected chi connectivity index (χ2v) is 9.95. The van der Waals surface area contributed by atoms with Crippen LogP contribution in [-0.4, -0.2) is 22.4 Å². The van der Waals surface area contributed by atoms with E-state index in [1.807, 2.05) is 6.92 Å². The van der Waals surface area contributed by atoms with Gasteiger partial charge in [-0.2, -0.15) is 0 Å². The van der Waals surface area contributed by atoms with Gasteiger partial charge >= 0.3 is 0 Å². The summed E-state index contributed by atoms with van der Waals surface area (Å²) in [6, 6.07) is 8.72. The molecule has 22 heavy (non-hydrogen) atoms. The highest BCUT2D eigenvalue weighted by Crippen LogP contribution is 2.49. The Morgan fingerprint density at radius 2 is 1.55 bits per heavy atom. The van der Waals surface area contributed by atoms with Gasteiger partial charge in [0.15, 0.2) is 4.08 Å². The van der Waals surface area contributed by atoms with Gasteiger partial charge in [-0.1, -0.05) is 70.6 Å². The minimum Gasteiger partial charge on any atom is -0.284 e. The van der Waals surface area contributed by atoms with Gasteiger partial charge in [-0.3, -0.25) is 4.79 Å². The maximum atomic E-state index is 12.8. The molecule has 0 saturated heterocycles. The van der Waals surface area contributed by atoms with Crippen molar-refractivity contribution in [3.63, 3.8) is 0 Å². The summed E-state index contributed by atoms with van der Waals surface area (Å²) >= 11 is 4.97. The van der Waals surface area contributed by atoms with E-state index in [-0.39, 0.29) is 5.12 Å². The molecular weight excluding hydrogens is 328 g/mol. The van der Waals surface area contributed by atoms with Gasteiger partial charge in [-0.25, -0.2) is 0 Å². The molecule has 1 aromatic carbocycles. The van der Waals surface area contributed by atoms with Crippen molar-refractivity contribution < 1.29 is 4.79 Å². The van der Waals surface area contributed by atoms with Crippen molar-refractivity contribution in [3.8, 4) is 0 Å². The van der Waals surface area contributed by atoms with E-state index < -0.39 is 4.08 Å². The molecular formula is C18H28OS3. The molecule has 0 saturated carbocycles. The Morgan fingerprint density at radius 1 is 1.00 bits per heavy atom. The SMILES string of the molecule is CCSC(=O)C(SCC)(SCC)c1ccc(CC(C)C)cc1. The Balaban J connectivity index is 3.15. The molecule has 124 valence electrons. The van der Waals surface area contributed by atoms with Gasteiger partial charge in [-0.05, 0) is 40.7 Å². The fourth-order valence-corrected chi connectivity index (χ4v) is 6.38. The summed E-state index contributed by atoms with van der Waals surface area (Å²) < 4.78 is -0.458. The van der Waals surface area contributed by atoms with Crippen LogP contribution in [0.25, 0.3) is 0 Å². The molecule has 0 aliphatic rings. The first-order valence-electron chi connectivity index (χ1n) is 8.04. The van der Waals surface area contributed by atoms with Crippen molar-refractivity contribution in [2.45, 2.75) is 45.1 Å². The van der Waals surface area contributed by atoms with E-state index >= 15 is 0 Å². The smallest absolute Gasteiger partial charge is 0.219 e. The van der Waals surface area contributed by atoms with Crippen LogP contribution in [0.3, 0.4) is 0 Å². The van der Waals surface area contributed by atoms with Crippen molar-refractivity contribution in [2.24, 2.45) is 5.92 Å². The normalized spacial score (nSPS) is 11.9. The molecule has 0 aliphatic heterocycles. The van der Waals surface area contributed by atoms with Crippen molar-refractivity contribution in [1.82, 2.24) is 0 Å². The first kappa shape index (κ1) is 20.0. The van der Waals surface area contributed by atoms with E-state index in [2.05, 4.69) is 52.0 Å². The van der Waals surface area contributed by atoms with Crippen LogP contribution in [0.4, 0.5) is 0 Å². The van der Waals surface area contributed by atoms with Crippen LogP contribution in [0.1, 0.15) is 45.7 Å². The van der Waals surface area contributed by atoms with E-state index in [0.29, 0.717) is 5.92 Å². The molecule has 0 unspecified atom stereocenters. The second-order valence-electron chi connectivity index (χ2n) is 5.50. The van der Waals surface area contributed by atoms with Crippen LogP contribution in [0.2, 0.25) is 0 Å². The number of rotatable bonds is 9. The van der Waals surface area contributed by atoms with Gasteiger partial charge in [0, 0.05) is 0 Å². The van der Waals surface area contributed by atoms with Crippen LogP contribution >= 0.6 is 35.3 Å². The van der Waals surface area contributed by atoms with Gasteiger partial charge in [0.25, 0.3) is 0 Å². The van der Waals surface area contributed by atoms with Crippen molar-refractivity contribution in [2.75, 3.05) is 17.3 Å². The van der Waals surface area contributed by atoms with Gasteiger partial charge in [0.05, 0.1) is 0 Å². The molecule has 0 aliphatic carbocycles. The molecule has 0 aromatic heterocycles. The highest BCUT2D eigenvalue weighted by atomic mass is 32.2. The third kappa shape index (κ3) is 5.24. The predicted octanol–water partition coefficient (Wildman–Crippen LogP) is 5.82. The summed E-state index contributed by atoms with van der Waals surface area (Å²) in [6.45, 7) is 10.8. The Labute approximate surface area is 148 Å². The standard InChI is InChI=1S/C18H28OS3/c1-6-20-17(19)18(21-7-2,22-8-3)16-11-9-15(10-12-16)13-14(4)5/h9-12,14H,6-8,13H2,1-5H3. The average molecular weight is 357 g/mol. The predicted molar refractivity (Wildman–Crippen MR) is 106 cm³/mol. The number of hydrogen-bond donors (Lipinski definition) is 0. The van der Waals surface area contributed by atoms with Gasteiger partial charge < -0.3 is 0 Å². The second kappa shape index (κ2) is 9.94. The zero-order valence-corrected chi connectivity index (χ0v) is 16.8. The lowest BCUT2D eigenvalue weighted by atomic mass is 10.0. The average Bonchev–Trinajstić information content (AvgIpc) is 2.47. The number of benzene rings is 1. The molecule has 0 atom stereocenters. The van der Waals surface area contributed by atoms with E-state index in [4.69, 9.17) is 0 Å². The monoisotopic (exact) mass is 356 g/mol. The summed E-state index contributed by atoms with van der Waals surface area (Å²) in [5.41, 5.74) is 2.50. The van der Waals surface area contributed by atoms with Crippen LogP contribution in [0, 0.1) is 5.92 Å². The number of thioether (sulfide) groups is 3. The zero-order valence-electron chi connectivity index (χ0n) is 14.3. The number of carbonyl (C=O) groups is 1. The maximum absolute atomic E-state index is 12.8. The van der Waals surface area contributed by atoms with Crippen molar-refractivity contribution >= 4 is 40.4 Å². The molecule has 0 heterocycles. The molecule has 0 amide bonds. The molecule has 0 N–H and O–H groups in total. The highest BCUT2D eigenvalue weighted by molar-refractivity contribution is 8.24. The van der Waals surface area contributed by atoms with Gasteiger partial charge in [0.1, 0.15) is 0 Å². The lowest BCUT2D eigenvalue weighted by Crippen LogP contribution is -2.28. The van der Waals surface area contributed by atoms with Crippen LogP contribution in [0.15, 0.2) is 24.3 Å². The molecule has 4 heteroatoms. The van der Waals surface area contributed by atoms with E-state index in [1.54, 1.807) is 23.5 Å². The summed E-state index contributed by atoms with van der Waals surface area (Å²) in [4.78, 5) is 12.8. The Morgan fingerprint density at radius 3 is 1.95 bits per heavy atom. The van der Waals surface area contributed by atoms with Gasteiger partial charge in [-0.15, -0.1) is 23.5 Å². The fourth-order valence-electron chi connectivity index (χ4n) is 2.41. The summed E-state index contributed by atoms with van der Waals surface area (Å²) in [5, 5.41) is 0.283. The van der Waals surface area contributed by atoms with Gasteiger partial charge in [0.2, 0.25) is 5.12 Å². The summed E-state index contributed by atoms with van der Waals surface area (Å²) in [6.07, 6.45) is 1.09. The first-order chi connectivity index (χ1) is 10.5. The van der Waals surface area contributed by atoms with E-state index in [0.717, 1.165) is 29.2 Å². The third-order valence-electron chi connectivity index (χ3n) is 3.22. The molecule has 1 aromatic rings. The van der Waals surface area contributed by atoms with Crippen LogP contribution in [0.5, 0.6) is 0 Å². The molecule has 0 spiro atoms.